The van der Waals surface area contributed by atoms with E-state index in [4.69, 9.17) is 30.3 Å². The molecular formula is C23H23ClN2O5. The molecular weight excluding hydrogens is 420 g/mol. The largest absolute Gasteiger partial charge is 0.493 e. The summed E-state index contributed by atoms with van der Waals surface area (Å²) in [6.07, 6.45) is 0.748. The third-order valence-corrected chi connectivity index (χ3v) is 5.88. The minimum absolute atomic E-state index is 0.0852. The molecule has 0 fully saturated rings. The Labute approximate surface area is 185 Å². The van der Waals surface area contributed by atoms with E-state index in [9.17, 15) is 4.79 Å². The number of anilines is 1. The molecule has 1 aliphatic heterocycles. The van der Waals surface area contributed by atoms with E-state index in [1.54, 1.807) is 38.5 Å². The molecule has 1 aromatic heterocycles. The summed E-state index contributed by atoms with van der Waals surface area (Å²) in [6, 6.07) is 11.0. The summed E-state index contributed by atoms with van der Waals surface area (Å²) in [7, 11) is 4.58. The van der Waals surface area contributed by atoms with Crippen LogP contribution in [0.5, 0.6) is 11.5 Å². The van der Waals surface area contributed by atoms with Gasteiger partial charge in [-0.25, -0.2) is 4.79 Å². The smallest absolute Gasteiger partial charge is 0.345 e. The number of nitrogens with zero attached hydrogens (tertiary/aromatic N) is 2. The minimum atomic E-state index is -0.508. The maximum absolute atomic E-state index is 12.7. The highest BCUT2D eigenvalue weighted by molar-refractivity contribution is 6.30. The topological polar surface area (TPSA) is 74.0 Å². The molecule has 0 N–H and O–H groups in total. The van der Waals surface area contributed by atoms with Gasteiger partial charge in [0.2, 0.25) is 5.88 Å². The molecule has 0 saturated carbocycles. The van der Waals surface area contributed by atoms with E-state index in [-0.39, 0.29) is 6.04 Å². The number of hydrogen-bond donors (Lipinski definition) is 0. The zero-order valence-corrected chi connectivity index (χ0v) is 18.5. The summed E-state index contributed by atoms with van der Waals surface area (Å²) in [5.41, 5.74) is 3.67. The summed E-state index contributed by atoms with van der Waals surface area (Å²) < 4.78 is 21.7. The standard InChI is InChI=1S/C23H23ClN2O5/c1-13-17-12-19(29-3)18(28-2)11-15(17)9-10-26(13)22-20(23(27)30-4)21(25-31-22)14-5-7-16(24)8-6-14/h5-8,11-13H,9-10H2,1-4H3. The molecule has 1 aliphatic rings. The number of fused-ring (bicyclic) bond motifs is 1. The zero-order valence-electron chi connectivity index (χ0n) is 17.8. The van der Waals surface area contributed by atoms with Crippen molar-refractivity contribution in [1.29, 1.82) is 0 Å². The van der Waals surface area contributed by atoms with Crippen molar-refractivity contribution in [3.63, 3.8) is 0 Å². The molecule has 0 radical (unpaired) electrons. The molecule has 1 unspecified atom stereocenters. The summed E-state index contributed by atoms with van der Waals surface area (Å²) >= 11 is 6.01. The second kappa shape index (κ2) is 8.51. The Morgan fingerprint density at radius 2 is 1.81 bits per heavy atom. The molecule has 7 nitrogen and oxygen atoms in total. The van der Waals surface area contributed by atoms with Crippen molar-refractivity contribution in [3.8, 4) is 22.8 Å². The van der Waals surface area contributed by atoms with Crippen molar-refractivity contribution < 1.29 is 23.5 Å². The fourth-order valence-electron chi connectivity index (χ4n) is 3.99. The van der Waals surface area contributed by atoms with Gasteiger partial charge in [-0.05, 0) is 48.7 Å². The Balaban J connectivity index is 1.78. The van der Waals surface area contributed by atoms with Crippen molar-refractivity contribution in [2.24, 2.45) is 0 Å². The van der Waals surface area contributed by atoms with E-state index < -0.39 is 5.97 Å². The summed E-state index contributed by atoms with van der Waals surface area (Å²) in [5.74, 6) is 1.22. The van der Waals surface area contributed by atoms with Gasteiger partial charge in [-0.3, -0.25) is 0 Å². The van der Waals surface area contributed by atoms with Crippen LogP contribution in [0.15, 0.2) is 40.9 Å². The van der Waals surface area contributed by atoms with E-state index in [0.717, 1.165) is 17.5 Å². The third kappa shape index (κ3) is 3.70. The third-order valence-electron chi connectivity index (χ3n) is 5.63. The molecule has 1 atom stereocenters. The van der Waals surface area contributed by atoms with Gasteiger partial charge in [0.25, 0.3) is 0 Å². The summed E-state index contributed by atoms with van der Waals surface area (Å²) in [5, 5.41) is 4.80. The lowest BCUT2D eigenvalue weighted by Gasteiger charge is -2.35. The van der Waals surface area contributed by atoms with E-state index in [1.165, 1.54) is 12.7 Å². The van der Waals surface area contributed by atoms with Gasteiger partial charge in [0.1, 0.15) is 5.69 Å². The lowest BCUT2D eigenvalue weighted by Crippen LogP contribution is -2.34. The van der Waals surface area contributed by atoms with Crippen molar-refractivity contribution in [3.05, 3.63) is 58.1 Å². The highest BCUT2D eigenvalue weighted by Gasteiger charge is 2.34. The second-order valence-corrected chi connectivity index (χ2v) is 7.67. The number of hydrogen-bond acceptors (Lipinski definition) is 7. The first-order valence-electron chi connectivity index (χ1n) is 9.83. The van der Waals surface area contributed by atoms with Crippen LogP contribution in [0, 0.1) is 0 Å². The second-order valence-electron chi connectivity index (χ2n) is 7.24. The molecule has 0 bridgehead atoms. The Morgan fingerprint density at radius 1 is 1.13 bits per heavy atom. The molecule has 4 rings (SSSR count). The maximum atomic E-state index is 12.7. The number of aromatic nitrogens is 1. The Hall–Kier alpha value is -3.19. The van der Waals surface area contributed by atoms with Gasteiger partial charge >= 0.3 is 5.97 Å². The lowest BCUT2D eigenvalue weighted by molar-refractivity contribution is 0.0601. The zero-order chi connectivity index (χ0) is 22.1. The first-order chi connectivity index (χ1) is 15.0. The summed E-state index contributed by atoms with van der Waals surface area (Å²) in [6.45, 7) is 2.69. The van der Waals surface area contributed by atoms with Gasteiger partial charge in [0.05, 0.1) is 27.4 Å². The van der Waals surface area contributed by atoms with Crippen LogP contribution in [0.2, 0.25) is 5.02 Å². The lowest BCUT2D eigenvalue weighted by atomic mass is 9.92. The van der Waals surface area contributed by atoms with Gasteiger partial charge in [-0.15, -0.1) is 0 Å². The van der Waals surface area contributed by atoms with Crippen LogP contribution >= 0.6 is 11.6 Å². The quantitative estimate of drug-likeness (QED) is 0.519. The van der Waals surface area contributed by atoms with E-state index >= 15 is 0 Å². The number of ether oxygens (including phenoxy) is 3. The molecule has 0 saturated heterocycles. The number of carbonyl (C=O) groups excluding carboxylic acids is 1. The molecule has 2 heterocycles. The molecule has 0 amide bonds. The number of halogens is 1. The highest BCUT2D eigenvalue weighted by Crippen LogP contribution is 2.42. The number of rotatable bonds is 5. The molecule has 31 heavy (non-hydrogen) atoms. The van der Waals surface area contributed by atoms with Gasteiger partial charge in [0, 0.05) is 17.1 Å². The van der Waals surface area contributed by atoms with E-state index in [1.807, 2.05) is 17.0 Å². The molecule has 8 heteroatoms. The Kier molecular flexibility index (Phi) is 5.78. The van der Waals surface area contributed by atoms with Crippen molar-refractivity contribution >= 4 is 23.5 Å². The van der Waals surface area contributed by atoms with Crippen molar-refractivity contribution in [2.45, 2.75) is 19.4 Å². The highest BCUT2D eigenvalue weighted by atomic mass is 35.5. The molecule has 0 spiro atoms. The van der Waals surface area contributed by atoms with Gasteiger partial charge in [0.15, 0.2) is 17.1 Å². The van der Waals surface area contributed by atoms with Gasteiger partial charge in [-0.2, -0.15) is 0 Å². The summed E-state index contributed by atoms with van der Waals surface area (Å²) in [4.78, 5) is 14.7. The normalized spacial score (nSPS) is 15.4. The van der Waals surface area contributed by atoms with Crippen LogP contribution in [0.4, 0.5) is 5.88 Å². The predicted molar refractivity (Wildman–Crippen MR) is 117 cm³/mol. The average molecular weight is 443 g/mol. The Morgan fingerprint density at radius 3 is 2.45 bits per heavy atom. The van der Waals surface area contributed by atoms with Crippen LogP contribution in [0.1, 0.15) is 34.5 Å². The predicted octanol–water partition coefficient (Wildman–Crippen LogP) is 4.92. The van der Waals surface area contributed by atoms with Crippen molar-refractivity contribution in [1.82, 2.24) is 5.16 Å². The van der Waals surface area contributed by atoms with Crippen molar-refractivity contribution in [2.75, 3.05) is 32.8 Å². The van der Waals surface area contributed by atoms with Crippen LogP contribution < -0.4 is 14.4 Å². The number of methoxy groups -OCH3 is 3. The molecule has 3 aromatic rings. The number of carbonyl (C=O) groups is 1. The first kappa shape index (κ1) is 21.1. The molecule has 162 valence electrons. The average Bonchev–Trinajstić information content (AvgIpc) is 3.23. The Bertz CT molecular complexity index is 1110. The van der Waals surface area contributed by atoms with Gasteiger partial charge in [-0.1, -0.05) is 28.9 Å². The van der Waals surface area contributed by atoms with Gasteiger partial charge < -0.3 is 23.6 Å². The monoisotopic (exact) mass is 442 g/mol. The molecule has 2 aromatic carbocycles. The minimum Gasteiger partial charge on any atom is -0.493 e. The SMILES string of the molecule is COC(=O)c1c(-c2ccc(Cl)cc2)noc1N1CCc2cc(OC)c(OC)cc2C1C. The van der Waals surface area contributed by atoms with Crippen LogP contribution in [0.3, 0.4) is 0 Å². The molecule has 0 aliphatic carbocycles. The van der Waals surface area contributed by atoms with Crippen LogP contribution in [-0.4, -0.2) is 39.0 Å². The first-order valence-corrected chi connectivity index (χ1v) is 10.2. The number of benzene rings is 2. The van der Waals surface area contributed by atoms with Crippen LogP contribution in [0.25, 0.3) is 11.3 Å². The van der Waals surface area contributed by atoms with E-state index in [2.05, 4.69) is 12.1 Å². The van der Waals surface area contributed by atoms with Crippen LogP contribution in [-0.2, 0) is 11.2 Å². The van der Waals surface area contributed by atoms with E-state index in [0.29, 0.717) is 40.2 Å². The maximum Gasteiger partial charge on any atom is 0.345 e. The fourth-order valence-corrected chi connectivity index (χ4v) is 4.12. The fraction of sp³-hybridized carbons (Fsp3) is 0.304. The number of esters is 1.